The van der Waals surface area contributed by atoms with Gasteiger partial charge in [-0.2, -0.15) is 0 Å². The molecule has 0 N–H and O–H groups in total. The number of aromatic nitrogens is 2. The Kier molecular flexibility index (Phi) is 4.55. The predicted octanol–water partition coefficient (Wildman–Crippen LogP) is 4.19. The molecule has 5 rings (SSSR count). The maximum atomic E-state index is 14.9. The monoisotopic (exact) mass is 420 g/mol. The Bertz CT molecular complexity index is 1150. The number of nitrogens with zero attached hydrogens (tertiary/aromatic N) is 4. The SMILES string of the molecule is [C-]#[N+]C1(c2ccc(-c3ccc(N4C[C@H](COc5ccon5)OC4=O)cc3F)cn2)CC1. The molecular formula is C22H17FN4O4. The summed E-state index contributed by atoms with van der Waals surface area (Å²) in [7, 11) is 0. The molecule has 8 nitrogen and oxygen atoms in total. The van der Waals surface area contributed by atoms with Gasteiger partial charge in [0.1, 0.15) is 24.4 Å². The lowest BCUT2D eigenvalue weighted by molar-refractivity contribution is 0.102. The van der Waals surface area contributed by atoms with E-state index in [1.807, 2.05) is 0 Å². The number of carbonyl (C=O) groups is 1. The third kappa shape index (κ3) is 3.57. The Hall–Kier alpha value is -3.93. The van der Waals surface area contributed by atoms with E-state index in [1.165, 1.54) is 17.2 Å². The molecule has 0 unspecified atom stereocenters. The van der Waals surface area contributed by atoms with Crippen LogP contribution in [0.15, 0.2) is 53.4 Å². The molecule has 1 amide bonds. The number of amides is 1. The molecular weight excluding hydrogens is 403 g/mol. The van der Waals surface area contributed by atoms with Gasteiger partial charge in [0.15, 0.2) is 6.10 Å². The highest BCUT2D eigenvalue weighted by molar-refractivity contribution is 5.90. The minimum atomic E-state index is -0.569. The summed E-state index contributed by atoms with van der Waals surface area (Å²) in [4.78, 5) is 21.6. The first-order chi connectivity index (χ1) is 15.1. The van der Waals surface area contributed by atoms with E-state index >= 15 is 0 Å². The minimum Gasteiger partial charge on any atom is -0.471 e. The summed E-state index contributed by atoms with van der Waals surface area (Å²) in [5, 5.41) is 3.63. The highest BCUT2D eigenvalue weighted by Crippen LogP contribution is 2.48. The van der Waals surface area contributed by atoms with Gasteiger partial charge in [-0.3, -0.25) is 9.88 Å². The van der Waals surface area contributed by atoms with Crippen molar-refractivity contribution in [3.05, 3.63) is 71.8 Å². The second-order valence-electron chi connectivity index (χ2n) is 7.50. The van der Waals surface area contributed by atoms with E-state index < -0.39 is 23.6 Å². The Morgan fingerprint density at radius 3 is 2.81 bits per heavy atom. The number of halogens is 1. The zero-order valence-corrected chi connectivity index (χ0v) is 16.3. The number of rotatable bonds is 6. The van der Waals surface area contributed by atoms with Gasteiger partial charge in [-0.1, -0.05) is 6.07 Å². The molecule has 0 spiro atoms. The van der Waals surface area contributed by atoms with E-state index in [1.54, 1.807) is 36.5 Å². The zero-order valence-electron chi connectivity index (χ0n) is 16.3. The first-order valence-corrected chi connectivity index (χ1v) is 9.74. The largest absolute Gasteiger partial charge is 0.471 e. The number of hydrogen-bond acceptors (Lipinski definition) is 6. The molecule has 2 aliphatic rings. The minimum absolute atomic E-state index is 0.111. The summed E-state index contributed by atoms with van der Waals surface area (Å²) in [6.07, 6.45) is 3.50. The fourth-order valence-corrected chi connectivity index (χ4v) is 3.55. The van der Waals surface area contributed by atoms with Crippen LogP contribution in [-0.4, -0.2) is 35.5 Å². The lowest BCUT2D eigenvalue weighted by atomic mass is 10.0. The molecule has 0 radical (unpaired) electrons. The lowest BCUT2D eigenvalue weighted by Crippen LogP contribution is -2.26. The number of carbonyl (C=O) groups excluding carboxylic acids is 1. The van der Waals surface area contributed by atoms with Crippen molar-refractivity contribution in [2.45, 2.75) is 24.5 Å². The average molecular weight is 420 g/mol. The zero-order chi connectivity index (χ0) is 21.4. The highest BCUT2D eigenvalue weighted by atomic mass is 19.1. The van der Waals surface area contributed by atoms with Crippen molar-refractivity contribution in [3.8, 4) is 17.0 Å². The van der Waals surface area contributed by atoms with Crippen molar-refractivity contribution in [2.75, 3.05) is 18.1 Å². The number of ether oxygens (including phenoxy) is 2. The first-order valence-electron chi connectivity index (χ1n) is 9.74. The molecule has 2 fully saturated rings. The Morgan fingerprint density at radius 1 is 1.29 bits per heavy atom. The Labute approximate surface area is 177 Å². The predicted molar refractivity (Wildman–Crippen MR) is 107 cm³/mol. The average Bonchev–Trinajstić information content (AvgIpc) is 3.23. The van der Waals surface area contributed by atoms with Crippen molar-refractivity contribution < 1.29 is 23.2 Å². The molecule has 2 aromatic heterocycles. The quantitative estimate of drug-likeness (QED) is 0.556. The summed E-state index contributed by atoms with van der Waals surface area (Å²) in [6.45, 7) is 7.66. The molecule has 1 aliphatic carbocycles. The lowest BCUT2D eigenvalue weighted by Gasteiger charge is -2.14. The maximum Gasteiger partial charge on any atom is 0.414 e. The third-order valence-corrected chi connectivity index (χ3v) is 5.46. The van der Waals surface area contributed by atoms with E-state index in [0.717, 1.165) is 18.5 Å². The van der Waals surface area contributed by atoms with Gasteiger partial charge in [0.05, 0.1) is 12.2 Å². The van der Waals surface area contributed by atoms with Gasteiger partial charge in [-0.15, -0.1) is 0 Å². The second kappa shape index (κ2) is 7.40. The normalized spacial score (nSPS) is 19.0. The van der Waals surface area contributed by atoms with Crippen LogP contribution in [0.4, 0.5) is 14.9 Å². The Balaban J connectivity index is 1.29. The van der Waals surface area contributed by atoms with Gasteiger partial charge in [-0.25, -0.2) is 15.8 Å². The van der Waals surface area contributed by atoms with Crippen LogP contribution in [0.1, 0.15) is 18.5 Å². The van der Waals surface area contributed by atoms with Crippen LogP contribution in [0, 0.1) is 12.4 Å². The molecule has 31 heavy (non-hydrogen) atoms. The highest BCUT2D eigenvalue weighted by Gasteiger charge is 2.53. The van der Waals surface area contributed by atoms with E-state index in [4.69, 9.17) is 16.0 Å². The van der Waals surface area contributed by atoms with E-state index in [0.29, 0.717) is 22.7 Å². The van der Waals surface area contributed by atoms with Crippen LogP contribution in [0.25, 0.3) is 16.0 Å². The molecule has 1 atom stereocenters. The van der Waals surface area contributed by atoms with Gasteiger partial charge in [0.25, 0.3) is 11.4 Å². The van der Waals surface area contributed by atoms with Crippen molar-refractivity contribution >= 4 is 11.8 Å². The first kappa shape index (κ1) is 19.1. The van der Waals surface area contributed by atoms with Gasteiger partial charge in [0.2, 0.25) is 0 Å². The summed E-state index contributed by atoms with van der Waals surface area (Å²) < 4.78 is 30.2. The number of cyclic esters (lactones) is 1. The summed E-state index contributed by atoms with van der Waals surface area (Å²) in [5.74, 6) is -0.179. The second-order valence-corrected chi connectivity index (χ2v) is 7.50. The van der Waals surface area contributed by atoms with Crippen LogP contribution in [0.2, 0.25) is 0 Å². The molecule has 1 aliphatic heterocycles. The van der Waals surface area contributed by atoms with Crippen molar-refractivity contribution in [3.63, 3.8) is 0 Å². The van der Waals surface area contributed by atoms with Crippen LogP contribution >= 0.6 is 0 Å². The summed E-state index contributed by atoms with van der Waals surface area (Å²) in [5.41, 5.74) is 1.60. The van der Waals surface area contributed by atoms with Crippen molar-refractivity contribution in [1.82, 2.24) is 10.1 Å². The summed E-state index contributed by atoms with van der Waals surface area (Å²) >= 11 is 0. The standard InChI is InChI=1S/C22H17FN4O4/c1-24-22(7-8-22)19-5-2-14(11-25-19)17-4-3-15(10-18(17)23)27-12-16(31-21(27)28)13-29-20-6-9-30-26-20/h2-6,9-11,16H,7-8,12-13H2/t16-/m1/s1. The molecule has 9 heteroatoms. The van der Waals surface area contributed by atoms with E-state index in [-0.39, 0.29) is 13.2 Å². The van der Waals surface area contributed by atoms with Gasteiger partial charge in [-0.05, 0) is 29.4 Å². The maximum absolute atomic E-state index is 14.9. The topological polar surface area (TPSA) is 82.0 Å². The molecule has 156 valence electrons. The van der Waals surface area contributed by atoms with Crippen molar-refractivity contribution in [2.24, 2.45) is 0 Å². The molecule has 1 aromatic carbocycles. The van der Waals surface area contributed by atoms with E-state index in [9.17, 15) is 9.18 Å². The molecule has 1 saturated carbocycles. The van der Waals surface area contributed by atoms with Crippen LogP contribution in [-0.2, 0) is 10.3 Å². The van der Waals surface area contributed by atoms with Gasteiger partial charge in [0, 0.05) is 36.2 Å². The summed E-state index contributed by atoms with van der Waals surface area (Å²) in [6, 6.07) is 9.67. The smallest absolute Gasteiger partial charge is 0.414 e. The van der Waals surface area contributed by atoms with Crippen LogP contribution < -0.4 is 9.64 Å². The molecule has 1 saturated heterocycles. The van der Waals surface area contributed by atoms with Gasteiger partial charge < -0.3 is 18.8 Å². The number of hydrogen-bond donors (Lipinski definition) is 0. The van der Waals surface area contributed by atoms with Crippen molar-refractivity contribution in [1.29, 1.82) is 0 Å². The Morgan fingerprint density at radius 2 is 2.16 bits per heavy atom. The fraction of sp³-hybridized carbons (Fsp3) is 0.273. The van der Waals surface area contributed by atoms with E-state index in [2.05, 4.69) is 19.5 Å². The number of anilines is 1. The van der Waals surface area contributed by atoms with Crippen LogP contribution in [0.5, 0.6) is 5.88 Å². The number of benzene rings is 1. The van der Waals surface area contributed by atoms with Crippen LogP contribution in [0.3, 0.4) is 0 Å². The fourth-order valence-electron chi connectivity index (χ4n) is 3.55. The van der Waals surface area contributed by atoms with Gasteiger partial charge >= 0.3 is 6.09 Å². The third-order valence-electron chi connectivity index (χ3n) is 5.46. The number of pyridine rings is 1. The molecule has 3 aromatic rings. The molecule has 0 bridgehead atoms. The molecule has 3 heterocycles.